The number of hydrogen-bond acceptors (Lipinski definition) is 2. The Kier molecular flexibility index (Phi) is 4.59. The molecule has 1 saturated carbocycles. The number of imidazole rings is 1. The molecule has 0 spiro atoms. The molecule has 1 atom stereocenters. The van der Waals surface area contributed by atoms with Gasteiger partial charge in [-0.05, 0) is 24.5 Å². The molecular weight excluding hydrogens is 258 g/mol. The van der Waals surface area contributed by atoms with E-state index >= 15 is 0 Å². The standard InChI is InChI=1S/C18H27N3/c1-21-17-11-7-6-10-16(17)20-18(21)13-15(19)12-14-8-4-2-3-5-9-14/h6-7,10-11,14-15H,2-5,8-9,12-13,19H2,1H3. The van der Waals surface area contributed by atoms with Gasteiger partial charge in [0, 0.05) is 19.5 Å². The van der Waals surface area contributed by atoms with E-state index in [1.54, 1.807) is 0 Å². The Labute approximate surface area is 127 Å². The molecule has 0 aliphatic heterocycles. The summed E-state index contributed by atoms with van der Waals surface area (Å²) in [5, 5.41) is 0. The molecule has 2 N–H and O–H groups in total. The molecule has 1 aliphatic rings. The summed E-state index contributed by atoms with van der Waals surface area (Å²) in [6.45, 7) is 0. The number of fused-ring (bicyclic) bond motifs is 1. The minimum absolute atomic E-state index is 0.239. The maximum atomic E-state index is 6.42. The smallest absolute Gasteiger partial charge is 0.111 e. The highest BCUT2D eigenvalue weighted by Gasteiger charge is 2.18. The van der Waals surface area contributed by atoms with Gasteiger partial charge in [0.2, 0.25) is 0 Å². The van der Waals surface area contributed by atoms with Crippen LogP contribution in [0.4, 0.5) is 0 Å². The molecule has 2 aromatic rings. The van der Waals surface area contributed by atoms with E-state index in [2.05, 4.69) is 29.8 Å². The van der Waals surface area contributed by atoms with Crippen LogP contribution in [-0.2, 0) is 13.5 Å². The lowest BCUT2D eigenvalue weighted by Crippen LogP contribution is -2.27. The van der Waals surface area contributed by atoms with Gasteiger partial charge in [0.15, 0.2) is 0 Å². The zero-order valence-electron chi connectivity index (χ0n) is 13.1. The van der Waals surface area contributed by atoms with Gasteiger partial charge in [0.1, 0.15) is 5.82 Å². The fourth-order valence-corrected chi connectivity index (χ4v) is 3.72. The highest BCUT2D eigenvalue weighted by molar-refractivity contribution is 5.75. The first-order valence-corrected chi connectivity index (χ1v) is 8.40. The number of aryl methyl sites for hydroxylation is 1. The van der Waals surface area contributed by atoms with Crippen LogP contribution < -0.4 is 5.73 Å². The average molecular weight is 285 g/mol. The van der Waals surface area contributed by atoms with Gasteiger partial charge in [-0.25, -0.2) is 4.98 Å². The van der Waals surface area contributed by atoms with Crippen molar-refractivity contribution in [3.8, 4) is 0 Å². The molecule has 0 bridgehead atoms. The summed E-state index contributed by atoms with van der Waals surface area (Å²) in [6.07, 6.45) is 10.4. The number of rotatable bonds is 4. The first kappa shape index (κ1) is 14.6. The lowest BCUT2D eigenvalue weighted by molar-refractivity contribution is 0.383. The molecule has 1 fully saturated rings. The Morgan fingerprint density at radius 1 is 1.19 bits per heavy atom. The lowest BCUT2D eigenvalue weighted by atomic mass is 9.91. The number of nitrogens with two attached hydrogens (primary N) is 1. The third-order valence-electron chi connectivity index (χ3n) is 4.94. The highest BCUT2D eigenvalue weighted by Crippen LogP contribution is 2.27. The maximum Gasteiger partial charge on any atom is 0.111 e. The fraction of sp³-hybridized carbons (Fsp3) is 0.611. The Morgan fingerprint density at radius 3 is 2.62 bits per heavy atom. The van der Waals surface area contributed by atoms with Crippen LogP contribution in [0.1, 0.15) is 50.8 Å². The summed E-state index contributed by atoms with van der Waals surface area (Å²) in [7, 11) is 2.10. The number of aromatic nitrogens is 2. The van der Waals surface area contributed by atoms with E-state index in [-0.39, 0.29) is 6.04 Å². The van der Waals surface area contributed by atoms with Crippen LogP contribution in [0, 0.1) is 5.92 Å². The summed E-state index contributed by atoms with van der Waals surface area (Å²) in [6, 6.07) is 8.56. The second-order valence-electron chi connectivity index (χ2n) is 6.63. The van der Waals surface area contributed by atoms with E-state index < -0.39 is 0 Å². The molecule has 114 valence electrons. The van der Waals surface area contributed by atoms with Gasteiger partial charge in [0.05, 0.1) is 11.0 Å². The van der Waals surface area contributed by atoms with Crippen LogP contribution in [0.25, 0.3) is 11.0 Å². The summed E-state index contributed by atoms with van der Waals surface area (Å²) in [4.78, 5) is 4.75. The predicted molar refractivity (Wildman–Crippen MR) is 88.2 cm³/mol. The van der Waals surface area contributed by atoms with Crippen molar-refractivity contribution in [2.24, 2.45) is 18.7 Å². The average Bonchev–Trinajstić information content (AvgIpc) is 2.67. The number of hydrogen-bond donors (Lipinski definition) is 1. The Hall–Kier alpha value is -1.35. The molecule has 3 nitrogen and oxygen atoms in total. The van der Waals surface area contributed by atoms with E-state index in [0.29, 0.717) is 0 Å². The van der Waals surface area contributed by atoms with E-state index in [1.165, 1.54) is 44.0 Å². The van der Waals surface area contributed by atoms with Crippen molar-refractivity contribution in [3.63, 3.8) is 0 Å². The van der Waals surface area contributed by atoms with E-state index in [1.807, 2.05) is 6.07 Å². The minimum Gasteiger partial charge on any atom is -0.331 e. The summed E-state index contributed by atoms with van der Waals surface area (Å²) < 4.78 is 2.20. The van der Waals surface area contributed by atoms with Crippen LogP contribution in [0.15, 0.2) is 24.3 Å². The first-order valence-electron chi connectivity index (χ1n) is 8.40. The third kappa shape index (κ3) is 3.46. The highest BCUT2D eigenvalue weighted by atomic mass is 15.1. The molecule has 1 heterocycles. The molecule has 0 radical (unpaired) electrons. The van der Waals surface area contributed by atoms with E-state index in [4.69, 9.17) is 10.7 Å². The third-order valence-corrected chi connectivity index (χ3v) is 4.94. The summed E-state index contributed by atoms with van der Waals surface area (Å²) >= 11 is 0. The molecule has 3 heteroatoms. The van der Waals surface area contributed by atoms with E-state index in [9.17, 15) is 0 Å². The number of nitrogens with zero attached hydrogens (tertiary/aromatic N) is 2. The van der Waals surface area contributed by atoms with Crippen molar-refractivity contribution in [2.75, 3.05) is 0 Å². The monoisotopic (exact) mass is 285 g/mol. The molecule has 1 unspecified atom stereocenters. The Bertz CT molecular complexity index is 579. The predicted octanol–water partition coefficient (Wildman–Crippen LogP) is 3.80. The van der Waals surface area contributed by atoms with Crippen LogP contribution in [0.3, 0.4) is 0 Å². The van der Waals surface area contributed by atoms with Gasteiger partial charge in [-0.3, -0.25) is 0 Å². The number of benzene rings is 1. The van der Waals surface area contributed by atoms with Crippen molar-refractivity contribution in [1.82, 2.24) is 9.55 Å². The molecule has 21 heavy (non-hydrogen) atoms. The van der Waals surface area contributed by atoms with Crippen molar-refractivity contribution < 1.29 is 0 Å². The molecular formula is C18H27N3. The second kappa shape index (κ2) is 6.61. The normalized spacial score (nSPS) is 18.8. The van der Waals surface area contributed by atoms with Crippen LogP contribution in [0.2, 0.25) is 0 Å². The summed E-state index contributed by atoms with van der Waals surface area (Å²) in [5.74, 6) is 1.95. The van der Waals surface area contributed by atoms with Gasteiger partial charge in [-0.15, -0.1) is 0 Å². The van der Waals surface area contributed by atoms with Gasteiger partial charge in [0.25, 0.3) is 0 Å². The van der Waals surface area contributed by atoms with Gasteiger partial charge < -0.3 is 10.3 Å². The van der Waals surface area contributed by atoms with Crippen LogP contribution in [-0.4, -0.2) is 15.6 Å². The first-order chi connectivity index (χ1) is 10.2. The quantitative estimate of drug-likeness (QED) is 0.868. The Morgan fingerprint density at radius 2 is 1.90 bits per heavy atom. The van der Waals surface area contributed by atoms with Gasteiger partial charge >= 0.3 is 0 Å². The van der Waals surface area contributed by atoms with Crippen LogP contribution >= 0.6 is 0 Å². The largest absolute Gasteiger partial charge is 0.331 e. The molecule has 1 aromatic carbocycles. The maximum absolute atomic E-state index is 6.42. The minimum atomic E-state index is 0.239. The molecule has 0 saturated heterocycles. The lowest BCUT2D eigenvalue weighted by Gasteiger charge is -2.19. The van der Waals surface area contributed by atoms with Crippen molar-refractivity contribution in [2.45, 2.75) is 57.4 Å². The van der Waals surface area contributed by atoms with Crippen molar-refractivity contribution in [3.05, 3.63) is 30.1 Å². The zero-order chi connectivity index (χ0) is 14.7. The molecule has 1 aliphatic carbocycles. The second-order valence-corrected chi connectivity index (χ2v) is 6.63. The SMILES string of the molecule is Cn1c(CC(N)CC2CCCCCC2)nc2ccccc21. The van der Waals surface area contributed by atoms with Gasteiger partial charge in [-0.1, -0.05) is 50.7 Å². The topological polar surface area (TPSA) is 43.8 Å². The fourth-order valence-electron chi connectivity index (χ4n) is 3.72. The molecule has 3 rings (SSSR count). The van der Waals surface area contributed by atoms with Crippen LogP contribution in [0.5, 0.6) is 0 Å². The zero-order valence-corrected chi connectivity index (χ0v) is 13.1. The van der Waals surface area contributed by atoms with Crippen molar-refractivity contribution in [1.29, 1.82) is 0 Å². The molecule has 0 amide bonds. The van der Waals surface area contributed by atoms with Gasteiger partial charge in [-0.2, -0.15) is 0 Å². The summed E-state index contributed by atoms with van der Waals surface area (Å²) in [5.41, 5.74) is 8.71. The van der Waals surface area contributed by atoms with E-state index in [0.717, 1.165) is 30.1 Å². The van der Waals surface area contributed by atoms with Crippen molar-refractivity contribution >= 4 is 11.0 Å². The Balaban J connectivity index is 1.65. The number of para-hydroxylation sites is 2. The molecule has 1 aromatic heterocycles.